The van der Waals surface area contributed by atoms with Gasteiger partial charge in [-0.25, -0.2) is 0 Å². The molecule has 114 valence electrons. The van der Waals surface area contributed by atoms with Crippen LogP contribution in [0.25, 0.3) is 0 Å². The lowest BCUT2D eigenvalue weighted by atomic mass is 9.63. The molecule has 1 aliphatic carbocycles. The van der Waals surface area contributed by atoms with E-state index in [1.807, 2.05) is 0 Å². The Morgan fingerprint density at radius 3 is 1.84 bits per heavy atom. The normalized spacial score (nSPS) is 21.5. The SMILES string of the molecule is CCCCCCCCCC1(CN)CCC(C)(C)CC1. The molecule has 0 atom stereocenters. The quantitative estimate of drug-likeness (QED) is 0.535. The van der Waals surface area contributed by atoms with Crippen molar-refractivity contribution in [2.75, 3.05) is 6.54 Å². The first-order valence-electron chi connectivity index (χ1n) is 8.74. The van der Waals surface area contributed by atoms with Gasteiger partial charge in [0, 0.05) is 0 Å². The second kappa shape index (κ2) is 8.29. The van der Waals surface area contributed by atoms with E-state index in [1.54, 1.807) is 0 Å². The molecule has 0 aromatic rings. The standard InChI is InChI=1S/C18H37N/c1-4-5-6-7-8-9-10-11-18(16-19)14-12-17(2,3)13-15-18/h4-16,19H2,1-3H3. The molecule has 1 aliphatic rings. The van der Waals surface area contributed by atoms with Gasteiger partial charge in [-0.2, -0.15) is 0 Å². The van der Waals surface area contributed by atoms with E-state index >= 15 is 0 Å². The lowest BCUT2D eigenvalue weighted by Gasteiger charge is -2.43. The summed E-state index contributed by atoms with van der Waals surface area (Å²) in [6.07, 6.45) is 16.8. The monoisotopic (exact) mass is 267 g/mol. The Morgan fingerprint density at radius 2 is 1.32 bits per heavy atom. The van der Waals surface area contributed by atoms with Gasteiger partial charge in [0.05, 0.1) is 0 Å². The van der Waals surface area contributed by atoms with Crippen LogP contribution < -0.4 is 5.73 Å². The van der Waals surface area contributed by atoms with Gasteiger partial charge in [0.2, 0.25) is 0 Å². The molecular weight excluding hydrogens is 230 g/mol. The molecule has 1 heteroatoms. The predicted octanol–water partition coefficient (Wildman–Crippen LogP) is 5.67. The second-order valence-corrected chi connectivity index (χ2v) is 7.74. The Kier molecular flexibility index (Phi) is 7.42. The third-order valence-electron chi connectivity index (χ3n) is 5.41. The molecular formula is C18H37N. The number of nitrogens with two attached hydrogens (primary N) is 1. The van der Waals surface area contributed by atoms with Crippen molar-refractivity contribution in [1.82, 2.24) is 0 Å². The van der Waals surface area contributed by atoms with Crippen LogP contribution in [-0.2, 0) is 0 Å². The second-order valence-electron chi connectivity index (χ2n) is 7.74. The summed E-state index contributed by atoms with van der Waals surface area (Å²) in [7, 11) is 0. The summed E-state index contributed by atoms with van der Waals surface area (Å²) < 4.78 is 0. The first-order chi connectivity index (χ1) is 9.04. The molecule has 1 rings (SSSR count). The summed E-state index contributed by atoms with van der Waals surface area (Å²) in [4.78, 5) is 0. The molecule has 0 aromatic carbocycles. The molecule has 1 fully saturated rings. The average Bonchev–Trinajstić information content (AvgIpc) is 2.40. The molecule has 2 N–H and O–H groups in total. The van der Waals surface area contributed by atoms with Crippen molar-refractivity contribution in [2.45, 2.75) is 97.8 Å². The van der Waals surface area contributed by atoms with E-state index in [4.69, 9.17) is 5.73 Å². The third-order valence-corrected chi connectivity index (χ3v) is 5.41. The van der Waals surface area contributed by atoms with Crippen LogP contribution in [0, 0.1) is 10.8 Å². The van der Waals surface area contributed by atoms with Crippen LogP contribution in [0.3, 0.4) is 0 Å². The van der Waals surface area contributed by atoms with Crippen LogP contribution in [0.4, 0.5) is 0 Å². The smallest absolute Gasteiger partial charge is 0.00205 e. The lowest BCUT2D eigenvalue weighted by molar-refractivity contribution is 0.0966. The number of unbranched alkanes of at least 4 members (excludes halogenated alkanes) is 6. The van der Waals surface area contributed by atoms with Crippen molar-refractivity contribution in [3.05, 3.63) is 0 Å². The average molecular weight is 268 g/mol. The van der Waals surface area contributed by atoms with Crippen LogP contribution in [0.2, 0.25) is 0 Å². The molecule has 0 heterocycles. The highest BCUT2D eigenvalue weighted by Crippen LogP contribution is 2.47. The van der Waals surface area contributed by atoms with Crippen LogP contribution >= 0.6 is 0 Å². The first kappa shape index (κ1) is 17.0. The van der Waals surface area contributed by atoms with Gasteiger partial charge in [0.1, 0.15) is 0 Å². The summed E-state index contributed by atoms with van der Waals surface area (Å²) in [6, 6.07) is 0. The van der Waals surface area contributed by atoms with Gasteiger partial charge in [-0.15, -0.1) is 0 Å². The fraction of sp³-hybridized carbons (Fsp3) is 1.00. The van der Waals surface area contributed by atoms with Gasteiger partial charge < -0.3 is 5.73 Å². The minimum atomic E-state index is 0.499. The van der Waals surface area contributed by atoms with Gasteiger partial charge in [0.15, 0.2) is 0 Å². The first-order valence-corrected chi connectivity index (χ1v) is 8.74. The van der Waals surface area contributed by atoms with E-state index < -0.39 is 0 Å². The van der Waals surface area contributed by atoms with Crippen molar-refractivity contribution in [3.8, 4) is 0 Å². The fourth-order valence-electron chi connectivity index (χ4n) is 3.47. The molecule has 0 aromatic heterocycles. The van der Waals surface area contributed by atoms with Gasteiger partial charge in [-0.05, 0) is 49.5 Å². The number of hydrogen-bond acceptors (Lipinski definition) is 1. The largest absolute Gasteiger partial charge is 0.330 e. The minimum absolute atomic E-state index is 0.499. The Bertz CT molecular complexity index is 222. The summed E-state index contributed by atoms with van der Waals surface area (Å²) in [6.45, 7) is 8.04. The molecule has 1 saturated carbocycles. The molecule has 0 bridgehead atoms. The van der Waals surface area contributed by atoms with Crippen molar-refractivity contribution in [1.29, 1.82) is 0 Å². The maximum absolute atomic E-state index is 6.11. The zero-order valence-electron chi connectivity index (χ0n) is 13.8. The van der Waals surface area contributed by atoms with Crippen LogP contribution in [0.5, 0.6) is 0 Å². The van der Waals surface area contributed by atoms with Crippen LogP contribution in [0.15, 0.2) is 0 Å². The molecule has 19 heavy (non-hydrogen) atoms. The van der Waals surface area contributed by atoms with Crippen molar-refractivity contribution < 1.29 is 0 Å². The van der Waals surface area contributed by atoms with Gasteiger partial charge in [0.25, 0.3) is 0 Å². The van der Waals surface area contributed by atoms with E-state index in [-0.39, 0.29) is 0 Å². The van der Waals surface area contributed by atoms with Gasteiger partial charge in [-0.1, -0.05) is 65.7 Å². The molecule has 0 amide bonds. The fourth-order valence-corrected chi connectivity index (χ4v) is 3.47. The van der Waals surface area contributed by atoms with E-state index in [9.17, 15) is 0 Å². The predicted molar refractivity (Wildman–Crippen MR) is 86.3 cm³/mol. The summed E-state index contributed by atoms with van der Waals surface area (Å²) in [5.41, 5.74) is 7.17. The molecule has 0 unspecified atom stereocenters. The summed E-state index contributed by atoms with van der Waals surface area (Å²) in [5, 5.41) is 0. The van der Waals surface area contributed by atoms with E-state index in [0.29, 0.717) is 10.8 Å². The zero-order chi connectivity index (χ0) is 14.2. The van der Waals surface area contributed by atoms with Gasteiger partial charge >= 0.3 is 0 Å². The Labute approximate surface area is 121 Å². The molecule has 1 nitrogen and oxygen atoms in total. The Morgan fingerprint density at radius 1 is 0.789 bits per heavy atom. The summed E-state index contributed by atoms with van der Waals surface area (Å²) in [5.74, 6) is 0. The highest BCUT2D eigenvalue weighted by atomic mass is 14.6. The van der Waals surface area contributed by atoms with E-state index in [1.165, 1.54) is 77.0 Å². The molecule has 0 radical (unpaired) electrons. The van der Waals surface area contributed by atoms with Gasteiger partial charge in [-0.3, -0.25) is 0 Å². The Hall–Kier alpha value is -0.0400. The van der Waals surface area contributed by atoms with Crippen molar-refractivity contribution in [3.63, 3.8) is 0 Å². The maximum atomic E-state index is 6.11. The van der Waals surface area contributed by atoms with Crippen molar-refractivity contribution in [2.24, 2.45) is 16.6 Å². The number of rotatable bonds is 9. The number of hydrogen-bond donors (Lipinski definition) is 1. The minimum Gasteiger partial charge on any atom is -0.330 e. The lowest BCUT2D eigenvalue weighted by Crippen LogP contribution is -2.37. The van der Waals surface area contributed by atoms with Crippen molar-refractivity contribution >= 4 is 0 Å². The Balaban J connectivity index is 2.15. The van der Waals surface area contributed by atoms with E-state index in [0.717, 1.165) is 6.54 Å². The molecule has 0 spiro atoms. The van der Waals surface area contributed by atoms with E-state index in [2.05, 4.69) is 20.8 Å². The highest BCUT2D eigenvalue weighted by Gasteiger charge is 2.36. The van der Waals surface area contributed by atoms with Crippen LogP contribution in [0.1, 0.15) is 97.8 Å². The topological polar surface area (TPSA) is 26.0 Å². The molecule has 0 aliphatic heterocycles. The van der Waals surface area contributed by atoms with Crippen LogP contribution in [-0.4, -0.2) is 6.54 Å². The zero-order valence-corrected chi connectivity index (χ0v) is 13.8. The highest BCUT2D eigenvalue weighted by molar-refractivity contribution is 4.89. The molecule has 0 saturated heterocycles. The maximum Gasteiger partial charge on any atom is -0.00205 e. The third kappa shape index (κ3) is 6.29. The summed E-state index contributed by atoms with van der Waals surface area (Å²) >= 11 is 0.